The third-order valence-corrected chi connectivity index (χ3v) is 9.79. The maximum Gasteiger partial charge on any atom is 0.0547 e. The van der Waals surface area contributed by atoms with Gasteiger partial charge in [0.15, 0.2) is 0 Å². The minimum atomic E-state index is 1.01. The highest BCUT2D eigenvalue weighted by molar-refractivity contribution is 6.20. The van der Waals surface area contributed by atoms with Crippen molar-refractivity contribution >= 4 is 43.7 Å². The first-order valence-corrected chi connectivity index (χ1v) is 15.4. The molecular formula is C43H27N. The molecule has 1 nitrogen and oxygen atoms in total. The number of hydrogen-bond acceptors (Lipinski definition) is 0. The zero-order chi connectivity index (χ0) is 28.8. The third-order valence-electron chi connectivity index (χ3n) is 9.79. The average Bonchev–Trinajstić information content (AvgIpc) is 3.73. The van der Waals surface area contributed by atoms with Crippen LogP contribution in [0.4, 0.5) is 0 Å². The molecule has 204 valence electrons. The molecule has 44 heavy (non-hydrogen) atoms. The van der Waals surface area contributed by atoms with Crippen LogP contribution in [0.1, 0.15) is 22.3 Å². The van der Waals surface area contributed by atoms with Gasteiger partial charge in [-0.1, -0.05) is 121 Å². The van der Waals surface area contributed by atoms with E-state index in [-0.39, 0.29) is 0 Å². The highest BCUT2D eigenvalue weighted by Crippen LogP contribution is 2.51. The van der Waals surface area contributed by atoms with Gasteiger partial charge in [-0.05, 0) is 103 Å². The van der Waals surface area contributed by atoms with Crippen molar-refractivity contribution in [1.82, 2.24) is 4.57 Å². The van der Waals surface area contributed by atoms with Gasteiger partial charge in [0, 0.05) is 16.5 Å². The van der Waals surface area contributed by atoms with Gasteiger partial charge >= 0.3 is 0 Å². The van der Waals surface area contributed by atoms with E-state index < -0.39 is 0 Å². The molecule has 7 aromatic carbocycles. The van der Waals surface area contributed by atoms with Crippen LogP contribution in [0.2, 0.25) is 0 Å². The van der Waals surface area contributed by atoms with Crippen molar-refractivity contribution in [3.63, 3.8) is 0 Å². The number of para-hydroxylation sites is 2. The largest absolute Gasteiger partial charge is 0.309 e. The predicted molar refractivity (Wildman–Crippen MR) is 185 cm³/mol. The van der Waals surface area contributed by atoms with Crippen LogP contribution in [0.3, 0.4) is 0 Å². The Morgan fingerprint density at radius 3 is 1.91 bits per heavy atom. The fraction of sp³-hybridized carbons (Fsp3) is 0.0233. The molecule has 0 N–H and O–H groups in total. The van der Waals surface area contributed by atoms with Gasteiger partial charge in [-0.2, -0.15) is 0 Å². The van der Waals surface area contributed by atoms with Gasteiger partial charge in [-0.3, -0.25) is 0 Å². The Morgan fingerprint density at radius 2 is 1.09 bits per heavy atom. The number of allylic oxidation sites excluding steroid dienone is 1. The van der Waals surface area contributed by atoms with Crippen LogP contribution in [0, 0.1) is 0 Å². The maximum atomic E-state index is 2.42. The van der Waals surface area contributed by atoms with E-state index in [2.05, 4.69) is 156 Å². The fourth-order valence-corrected chi connectivity index (χ4v) is 7.78. The normalized spacial score (nSPS) is 13.3. The molecule has 1 heterocycles. The molecule has 0 radical (unpaired) electrons. The zero-order valence-corrected chi connectivity index (χ0v) is 24.1. The SMILES string of the molecule is c1ccc(-n2c3ccccc3c3ccc(-c4ccc(-c5ccc6c(c5)C5=C(C6)c6cccc7cccc5c67)cc4)cc32)cc1. The first kappa shape index (κ1) is 23.9. The third kappa shape index (κ3) is 3.30. The number of aromatic nitrogens is 1. The summed E-state index contributed by atoms with van der Waals surface area (Å²) < 4.78 is 2.39. The van der Waals surface area contributed by atoms with Gasteiger partial charge in [0.25, 0.3) is 0 Å². The Kier molecular flexibility index (Phi) is 4.84. The van der Waals surface area contributed by atoms with E-state index in [4.69, 9.17) is 0 Å². The molecule has 0 saturated carbocycles. The number of rotatable bonds is 3. The molecule has 0 spiro atoms. The summed E-state index contributed by atoms with van der Waals surface area (Å²) in [5.41, 5.74) is 17.2. The van der Waals surface area contributed by atoms with Crippen LogP contribution in [0.15, 0.2) is 152 Å². The lowest BCUT2D eigenvalue weighted by Gasteiger charge is -2.12. The molecule has 0 bridgehead atoms. The molecule has 0 atom stereocenters. The van der Waals surface area contributed by atoms with Crippen LogP contribution in [0.25, 0.3) is 71.7 Å². The van der Waals surface area contributed by atoms with Gasteiger partial charge in [0.05, 0.1) is 11.0 Å². The van der Waals surface area contributed by atoms with Gasteiger partial charge in [0.2, 0.25) is 0 Å². The van der Waals surface area contributed by atoms with Crippen molar-refractivity contribution < 1.29 is 0 Å². The van der Waals surface area contributed by atoms with E-state index in [1.807, 2.05) is 0 Å². The smallest absolute Gasteiger partial charge is 0.0547 e. The van der Waals surface area contributed by atoms with Crippen LogP contribution in [-0.2, 0) is 6.42 Å². The van der Waals surface area contributed by atoms with Gasteiger partial charge < -0.3 is 4.57 Å². The zero-order valence-electron chi connectivity index (χ0n) is 24.1. The molecule has 1 heteroatoms. The van der Waals surface area contributed by atoms with Crippen LogP contribution in [0.5, 0.6) is 0 Å². The Bertz CT molecular complexity index is 2490. The molecule has 0 fully saturated rings. The minimum Gasteiger partial charge on any atom is -0.309 e. The molecule has 8 aromatic rings. The molecule has 0 amide bonds. The maximum absolute atomic E-state index is 2.42. The molecule has 0 unspecified atom stereocenters. The quantitative estimate of drug-likeness (QED) is 0.204. The lowest BCUT2D eigenvalue weighted by Crippen LogP contribution is -1.93. The summed E-state index contributed by atoms with van der Waals surface area (Å²) in [5, 5.41) is 5.32. The van der Waals surface area contributed by atoms with Crippen molar-refractivity contribution in [3.05, 3.63) is 174 Å². The topological polar surface area (TPSA) is 4.93 Å². The minimum absolute atomic E-state index is 1.01. The molecule has 2 aliphatic carbocycles. The summed E-state index contributed by atoms with van der Waals surface area (Å²) in [5.74, 6) is 0. The summed E-state index contributed by atoms with van der Waals surface area (Å²) in [6.07, 6.45) is 1.01. The molecular weight excluding hydrogens is 530 g/mol. The molecule has 1 aromatic heterocycles. The second-order valence-corrected chi connectivity index (χ2v) is 12.1. The summed E-state index contributed by atoms with van der Waals surface area (Å²) in [4.78, 5) is 0. The Morgan fingerprint density at radius 1 is 0.432 bits per heavy atom. The Hall–Kier alpha value is -5.66. The summed E-state index contributed by atoms with van der Waals surface area (Å²) in [7, 11) is 0. The molecule has 0 saturated heterocycles. The summed E-state index contributed by atoms with van der Waals surface area (Å²) in [6.45, 7) is 0. The summed E-state index contributed by atoms with van der Waals surface area (Å²) in [6, 6.07) is 55.9. The van der Waals surface area contributed by atoms with Crippen molar-refractivity contribution in [3.8, 4) is 27.9 Å². The molecule has 10 rings (SSSR count). The van der Waals surface area contributed by atoms with Gasteiger partial charge in [0.1, 0.15) is 0 Å². The van der Waals surface area contributed by atoms with Crippen LogP contribution >= 0.6 is 0 Å². The van der Waals surface area contributed by atoms with E-state index in [1.54, 1.807) is 0 Å². The van der Waals surface area contributed by atoms with Crippen LogP contribution < -0.4 is 0 Å². The highest BCUT2D eigenvalue weighted by Gasteiger charge is 2.31. The van der Waals surface area contributed by atoms with E-state index in [0.717, 1.165) is 6.42 Å². The Labute approximate surface area is 256 Å². The lowest BCUT2D eigenvalue weighted by molar-refractivity contribution is 1.18. The monoisotopic (exact) mass is 557 g/mol. The number of nitrogens with zero attached hydrogens (tertiary/aromatic N) is 1. The number of fused-ring (bicyclic) bond motifs is 7. The van der Waals surface area contributed by atoms with Crippen molar-refractivity contribution in [2.24, 2.45) is 0 Å². The molecule has 2 aliphatic rings. The van der Waals surface area contributed by atoms with Gasteiger partial charge in [-0.15, -0.1) is 0 Å². The summed E-state index contributed by atoms with van der Waals surface area (Å²) >= 11 is 0. The molecule has 0 aliphatic heterocycles. The van der Waals surface area contributed by atoms with Gasteiger partial charge in [-0.25, -0.2) is 0 Å². The van der Waals surface area contributed by atoms with Crippen molar-refractivity contribution in [2.75, 3.05) is 0 Å². The predicted octanol–water partition coefficient (Wildman–Crippen LogP) is 11.1. The van der Waals surface area contributed by atoms with E-state index >= 15 is 0 Å². The van der Waals surface area contributed by atoms with E-state index in [1.165, 1.54) is 93.9 Å². The van der Waals surface area contributed by atoms with Crippen LogP contribution in [-0.4, -0.2) is 4.57 Å². The Balaban J connectivity index is 1.05. The first-order valence-electron chi connectivity index (χ1n) is 15.4. The second kappa shape index (κ2) is 8.92. The lowest BCUT2D eigenvalue weighted by atomic mass is 9.92. The number of benzene rings is 7. The standard InChI is InChI=1S/C43H27N/c1-2-10-33(11-3-1)44-40-15-5-4-12-34(40)35-23-22-31(26-41(35)44)28-18-16-27(17-19-28)30-20-21-32-25-39-36-13-6-8-29-9-7-14-37(42(29)36)43(39)38(32)24-30/h1-24,26H,25H2. The van der Waals surface area contributed by atoms with Crippen molar-refractivity contribution in [1.29, 1.82) is 0 Å². The average molecular weight is 558 g/mol. The van der Waals surface area contributed by atoms with Crippen molar-refractivity contribution in [2.45, 2.75) is 6.42 Å². The highest BCUT2D eigenvalue weighted by atomic mass is 15.0. The second-order valence-electron chi connectivity index (χ2n) is 12.1. The number of hydrogen-bond donors (Lipinski definition) is 0. The van der Waals surface area contributed by atoms with E-state index in [0.29, 0.717) is 0 Å². The first-order chi connectivity index (χ1) is 21.8. The fourth-order valence-electron chi connectivity index (χ4n) is 7.78. The van der Waals surface area contributed by atoms with E-state index in [9.17, 15) is 0 Å².